The predicted octanol–water partition coefficient (Wildman–Crippen LogP) is 5.26. The maximum absolute atomic E-state index is 13.9. The fraction of sp³-hybridized carbons (Fsp3) is 0. The van der Waals surface area contributed by atoms with Crippen LogP contribution in [0.5, 0.6) is 0 Å². The van der Waals surface area contributed by atoms with Crippen LogP contribution in [0, 0.1) is 5.82 Å². The minimum absolute atomic E-state index is 0.124. The lowest BCUT2D eigenvalue weighted by molar-refractivity contribution is 0.631. The van der Waals surface area contributed by atoms with Gasteiger partial charge in [0.15, 0.2) is 5.82 Å². The molecule has 0 atom stereocenters. The lowest BCUT2D eigenvalue weighted by Gasteiger charge is -2.09. The number of hydrogen-bond acceptors (Lipinski definition) is 2. The second-order valence-corrected chi connectivity index (χ2v) is 5.07. The number of benzene rings is 2. The zero-order chi connectivity index (χ0) is 14.8. The van der Waals surface area contributed by atoms with Gasteiger partial charge in [0, 0.05) is 11.1 Å². The number of hydrogen-bond donors (Lipinski definition) is 0. The molecule has 0 bridgehead atoms. The molecule has 0 radical (unpaired) electrons. The average Bonchev–Trinajstić information content (AvgIpc) is 2.49. The molecule has 104 valence electrons. The maximum atomic E-state index is 13.9. The van der Waals surface area contributed by atoms with E-state index in [1.54, 1.807) is 18.2 Å². The molecule has 0 saturated heterocycles. The molecule has 0 unspecified atom stereocenters. The van der Waals surface area contributed by atoms with Crippen molar-refractivity contribution in [2.45, 2.75) is 0 Å². The zero-order valence-electron chi connectivity index (χ0n) is 10.7. The Morgan fingerprint density at radius 2 is 1.33 bits per heavy atom. The van der Waals surface area contributed by atoms with Crippen LogP contribution in [0.1, 0.15) is 0 Å². The lowest BCUT2D eigenvalue weighted by Crippen LogP contribution is -1.96. The third kappa shape index (κ3) is 2.75. The monoisotopic (exact) mass is 318 g/mol. The van der Waals surface area contributed by atoms with Gasteiger partial charge < -0.3 is 0 Å². The first kappa shape index (κ1) is 14.0. The Bertz CT molecular complexity index is 768. The molecule has 0 amide bonds. The van der Waals surface area contributed by atoms with Gasteiger partial charge in [0.1, 0.15) is 16.1 Å². The van der Waals surface area contributed by atoms with E-state index in [1.165, 1.54) is 6.07 Å². The van der Waals surface area contributed by atoms with Gasteiger partial charge in [-0.1, -0.05) is 71.7 Å². The van der Waals surface area contributed by atoms with Gasteiger partial charge in [0.25, 0.3) is 0 Å². The molecule has 0 saturated carbocycles. The van der Waals surface area contributed by atoms with E-state index >= 15 is 0 Å². The van der Waals surface area contributed by atoms with Crippen LogP contribution in [-0.4, -0.2) is 9.97 Å². The van der Waals surface area contributed by atoms with Crippen LogP contribution in [0.4, 0.5) is 4.39 Å². The molecule has 2 nitrogen and oxygen atoms in total. The minimum Gasteiger partial charge on any atom is -0.216 e. The normalized spacial score (nSPS) is 10.6. The Balaban J connectivity index is 2.16. The van der Waals surface area contributed by atoms with Gasteiger partial charge in [0.05, 0.1) is 5.56 Å². The highest BCUT2D eigenvalue weighted by molar-refractivity contribution is 6.37. The molecule has 0 aliphatic rings. The smallest absolute Gasteiger partial charge is 0.162 e. The Kier molecular flexibility index (Phi) is 3.86. The molecule has 2 aromatic carbocycles. The lowest BCUT2D eigenvalue weighted by atomic mass is 10.1. The van der Waals surface area contributed by atoms with Crippen molar-refractivity contribution in [2.24, 2.45) is 0 Å². The van der Waals surface area contributed by atoms with Crippen LogP contribution < -0.4 is 0 Å². The van der Waals surface area contributed by atoms with Crippen molar-refractivity contribution in [3.63, 3.8) is 0 Å². The highest BCUT2D eigenvalue weighted by Gasteiger charge is 2.17. The summed E-state index contributed by atoms with van der Waals surface area (Å²) in [4.78, 5) is 8.45. The SMILES string of the molecule is Fc1ccccc1-c1c(Cl)nc(-c2ccccc2)nc1Cl. The molecule has 0 fully saturated rings. The number of rotatable bonds is 2. The molecular formula is C16H9Cl2FN2. The Morgan fingerprint density at radius 3 is 1.95 bits per heavy atom. The van der Waals surface area contributed by atoms with Crippen molar-refractivity contribution in [1.29, 1.82) is 0 Å². The first-order valence-electron chi connectivity index (χ1n) is 6.20. The predicted molar refractivity (Wildman–Crippen MR) is 82.9 cm³/mol. The van der Waals surface area contributed by atoms with E-state index in [4.69, 9.17) is 23.2 Å². The first-order chi connectivity index (χ1) is 10.2. The summed E-state index contributed by atoms with van der Waals surface area (Å²) in [6.07, 6.45) is 0. The topological polar surface area (TPSA) is 25.8 Å². The Hall–Kier alpha value is -1.97. The molecule has 0 N–H and O–H groups in total. The second-order valence-electron chi connectivity index (χ2n) is 4.35. The zero-order valence-corrected chi connectivity index (χ0v) is 12.2. The van der Waals surface area contributed by atoms with Gasteiger partial charge in [-0.05, 0) is 6.07 Å². The van der Waals surface area contributed by atoms with Gasteiger partial charge in [-0.25, -0.2) is 14.4 Å². The number of halogens is 3. The van der Waals surface area contributed by atoms with Crippen molar-refractivity contribution < 1.29 is 4.39 Å². The fourth-order valence-corrected chi connectivity index (χ4v) is 2.60. The molecule has 1 aromatic heterocycles. The molecule has 3 rings (SSSR count). The molecule has 0 spiro atoms. The van der Waals surface area contributed by atoms with Crippen molar-refractivity contribution in [3.05, 3.63) is 70.7 Å². The van der Waals surface area contributed by atoms with E-state index in [0.717, 1.165) is 5.56 Å². The molecular weight excluding hydrogens is 310 g/mol. The highest BCUT2D eigenvalue weighted by atomic mass is 35.5. The van der Waals surface area contributed by atoms with E-state index in [9.17, 15) is 4.39 Å². The van der Waals surface area contributed by atoms with E-state index in [-0.39, 0.29) is 15.9 Å². The summed E-state index contributed by atoms with van der Waals surface area (Å²) in [6, 6.07) is 15.6. The van der Waals surface area contributed by atoms with Gasteiger partial charge in [-0.15, -0.1) is 0 Å². The highest BCUT2D eigenvalue weighted by Crippen LogP contribution is 2.35. The van der Waals surface area contributed by atoms with E-state index in [0.29, 0.717) is 11.4 Å². The van der Waals surface area contributed by atoms with Crippen molar-refractivity contribution in [3.8, 4) is 22.5 Å². The summed E-state index contributed by atoms with van der Waals surface area (Å²) in [5.74, 6) is -0.0111. The van der Waals surface area contributed by atoms with Crippen molar-refractivity contribution >= 4 is 23.2 Å². The van der Waals surface area contributed by atoms with Crippen LogP contribution in [0.25, 0.3) is 22.5 Å². The number of aromatic nitrogens is 2. The summed E-state index contributed by atoms with van der Waals surface area (Å²) < 4.78 is 13.9. The molecule has 5 heteroatoms. The van der Waals surface area contributed by atoms with Crippen LogP contribution in [0.2, 0.25) is 10.3 Å². The Morgan fingerprint density at radius 1 is 0.762 bits per heavy atom. The first-order valence-corrected chi connectivity index (χ1v) is 6.96. The summed E-state index contributed by atoms with van der Waals surface area (Å²) in [6.45, 7) is 0. The number of nitrogens with zero attached hydrogens (tertiary/aromatic N) is 2. The maximum Gasteiger partial charge on any atom is 0.162 e. The molecule has 21 heavy (non-hydrogen) atoms. The van der Waals surface area contributed by atoms with E-state index in [1.807, 2.05) is 30.3 Å². The van der Waals surface area contributed by atoms with Gasteiger partial charge >= 0.3 is 0 Å². The van der Waals surface area contributed by atoms with Gasteiger partial charge in [-0.3, -0.25) is 0 Å². The average molecular weight is 319 g/mol. The molecule has 0 aliphatic heterocycles. The molecule has 1 heterocycles. The van der Waals surface area contributed by atoms with Crippen molar-refractivity contribution in [1.82, 2.24) is 9.97 Å². The Labute approximate surface area is 131 Å². The largest absolute Gasteiger partial charge is 0.216 e. The summed E-state index contributed by atoms with van der Waals surface area (Å²) in [5, 5.41) is 0.248. The quantitative estimate of drug-likeness (QED) is 0.602. The van der Waals surface area contributed by atoms with Gasteiger partial charge in [0.2, 0.25) is 0 Å². The van der Waals surface area contributed by atoms with Crippen LogP contribution in [0.3, 0.4) is 0 Å². The van der Waals surface area contributed by atoms with E-state index < -0.39 is 5.82 Å². The second kappa shape index (κ2) is 5.80. The third-order valence-electron chi connectivity index (χ3n) is 3.00. The minimum atomic E-state index is -0.419. The standard InChI is InChI=1S/C16H9Cl2FN2/c17-14-13(11-8-4-5-9-12(11)19)15(18)21-16(20-14)10-6-2-1-3-7-10/h1-9H. The summed E-state index contributed by atoms with van der Waals surface area (Å²) in [5.41, 5.74) is 1.38. The summed E-state index contributed by atoms with van der Waals surface area (Å²) >= 11 is 12.4. The summed E-state index contributed by atoms with van der Waals surface area (Å²) in [7, 11) is 0. The van der Waals surface area contributed by atoms with Crippen LogP contribution >= 0.6 is 23.2 Å². The van der Waals surface area contributed by atoms with Crippen LogP contribution in [-0.2, 0) is 0 Å². The van der Waals surface area contributed by atoms with Crippen LogP contribution in [0.15, 0.2) is 54.6 Å². The van der Waals surface area contributed by atoms with Gasteiger partial charge in [-0.2, -0.15) is 0 Å². The molecule has 0 aliphatic carbocycles. The molecule has 3 aromatic rings. The third-order valence-corrected chi connectivity index (χ3v) is 3.54. The van der Waals surface area contributed by atoms with Crippen molar-refractivity contribution in [2.75, 3.05) is 0 Å². The van der Waals surface area contributed by atoms with E-state index in [2.05, 4.69) is 9.97 Å². The fourth-order valence-electron chi connectivity index (χ4n) is 2.01.